The first-order valence-corrected chi connectivity index (χ1v) is 4.73. The number of nitrogens with zero attached hydrogens (tertiary/aromatic N) is 1. The molecule has 1 heterocycles. The molecule has 1 unspecified atom stereocenters. The van der Waals surface area contributed by atoms with E-state index in [2.05, 4.69) is 10.3 Å². The van der Waals surface area contributed by atoms with E-state index in [1.54, 1.807) is 0 Å². The largest absolute Gasteiger partial charge is 0.307 e. The Balaban J connectivity index is 2.07. The Morgan fingerprint density at radius 3 is 3.27 bits per heavy atom. The molecule has 62 valence electrons. The van der Waals surface area contributed by atoms with Crippen LogP contribution in [0, 0.1) is 0 Å². The average Bonchev–Trinajstić information content (AvgIpc) is 2.28. The molecule has 1 fully saturated rings. The molecule has 1 aliphatic carbocycles. The molecule has 2 aliphatic rings. The summed E-state index contributed by atoms with van der Waals surface area (Å²) in [5.41, 5.74) is 1.45. The Morgan fingerprint density at radius 2 is 2.27 bits per heavy atom. The van der Waals surface area contributed by atoms with E-state index in [9.17, 15) is 0 Å². The van der Waals surface area contributed by atoms with Gasteiger partial charge in [0.15, 0.2) is 0 Å². The molecule has 1 aliphatic heterocycles. The minimum atomic E-state index is 0.645. The Labute approximate surface area is 68.1 Å². The summed E-state index contributed by atoms with van der Waals surface area (Å²) in [5.74, 6) is 0. The Kier molecular flexibility index (Phi) is 2.22. The van der Waals surface area contributed by atoms with Gasteiger partial charge in [-0.05, 0) is 19.3 Å². The van der Waals surface area contributed by atoms with Crippen LogP contribution in [0.15, 0.2) is 4.99 Å². The second-order valence-corrected chi connectivity index (χ2v) is 3.48. The molecule has 1 atom stereocenters. The van der Waals surface area contributed by atoms with Gasteiger partial charge < -0.3 is 5.32 Å². The van der Waals surface area contributed by atoms with Gasteiger partial charge in [-0.15, -0.1) is 0 Å². The van der Waals surface area contributed by atoms with E-state index in [1.807, 2.05) is 0 Å². The van der Waals surface area contributed by atoms with Crippen molar-refractivity contribution in [3.63, 3.8) is 0 Å². The van der Waals surface area contributed by atoms with Crippen LogP contribution in [-0.4, -0.2) is 24.8 Å². The fourth-order valence-corrected chi connectivity index (χ4v) is 2.02. The van der Waals surface area contributed by atoms with Crippen LogP contribution in [-0.2, 0) is 0 Å². The van der Waals surface area contributed by atoms with E-state index >= 15 is 0 Å². The molecule has 2 nitrogen and oxygen atoms in total. The molecule has 0 aromatic rings. The Morgan fingerprint density at radius 1 is 1.27 bits per heavy atom. The van der Waals surface area contributed by atoms with Crippen molar-refractivity contribution in [3.8, 4) is 0 Å². The lowest BCUT2D eigenvalue weighted by Crippen LogP contribution is -2.41. The lowest BCUT2D eigenvalue weighted by Gasteiger charge is -2.22. The van der Waals surface area contributed by atoms with Gasteiger partial charge in [-0.1, -0.05) is 12.8 Å². The normalized spacial score (nSPS) is 32.0. The molecule has 11 heavy (non-hydrogen) atoms. The first-order valence-electron chi connectivity index (χ1n) is 4.73. The zero-order valence-corrected chi connectivity index (χ0v) is 6.97. The molecule has 0 amide bonds. The van der Waals surface area contributed by atoms with Crippen molar-refractivity contribution in [2.75, 3.05) is 13.1 Å². The average molecular weight is 152 g/mol. The standard InChI is InChI=1S/C9H16N2/c1-2-4-8-9(5-3-1)11-7-6-10-8/h8,10H,1-7H2. The van der Waals surface area contributed by atoms with Crippen LogP contribution >= 0.6 is 0 Å². The highest BCUT2D eigenvalue weighted by Gasteiger charge is 2.19. The molecule has 0 aromatic heterocycles. The van der Waals surface area contributed by atoms with E-state index < -0.39 is 0 Å². The maximum Gasteiger partial charge on any atom is 0.0514 e. The molecule has 0 radical (unpaired) electrons. The number of aliphatic imine (C=N–C) groups is 1. The van der Waals surface area contributed by atoms with Crippen LogP contribution in [0.25, 0.3) is 0 Å². The second-order valence-electron chi connectivity index (χ2n) is 3.48. The molecular formula is C9H16N2. The van der Waals surface area contributed by atoms with E-state index in [-0.39, 0.29) is 0 Å². The van der Waals surface area contributed by atoms with Gasteiger partial charge in [0.25, 0.3) is 0 Å². The van der Waals surface area contributed by atoms with E-state index in [0.29, 0.717) is 6.04 Å². The van der Waals surface area contributed by atoms with Gasteiger partial charge >= 0.3 is 0 Å². The van der Waals surface area contributed by atoms with Crippen LogP contribution in [0.4, 0.5) is 0 Å². The monoisotopic (exact) mass is 152 g/mol. The summed E-state index contributed by atoms with van der Waals surface area (Å²) in [4.78, 5) is 4.57. The van der Waals surface area contributed by atoms with E-state index in [4.69, 9.17) is 0 Å². The summed E-state index contributed by atoms with van der Waals surface area (Å²) in [6.45, 7) is 2.10. The number of fused-ring (bicyclic) bond motifs is 1. The molecule has 0 bridgehead atoms. The number of hydrogen-bond acceptors (Lipinski definition) is 2. The van der Waals surface area contributed by atoms with E-state index in [1.165, 1.54) is 37.8 Å². The van der Waals surface area contributed by atoms with Gasteiger partial charge in [-0.3, -0.25) is 4.99 Å². The first-order chi connectivity index (χ1) is 5.47. The summed E-state index contributed by atoms with van der Waals surface area (Å²) in [6, 6.07) is 0.645. The highest BCUT2D eigenvalue weighted by molar-refractivity contribution is 5.90. The van der Waals surface area contributed by atoms with Crippen LogP contribution in [0.2, 0.25) is 0 Å². The van der Waals surface area contributed by atoms with Crippen LogP contribution in [0.1, 0.15) is 32.1 Å². The van der Waals surface area contributed by atoms with E-state index in [0.717, 1.165) is 13.1 Å². The molecule has 0 spiro atoms. The van der Waals surface area contributed by atoms with Crippen molar-refractivity contribution < 1.29 is 0 Å². The van der Waals surface area contributed by atoms with Gasteiger partial charge in [-0.2, -0.15) is 0 Å². The number of nitrogens with one attached hydrogen (secondary N) is 1. The van der Waals surface area contributed by atoms with Gasteiger partial charge in [0, 0.05) is 18.3 Å². The third-order valence-corrected chi connectivity index (χ3v) is 2.65. The predicted molar refractivity (Wildman–Crippen MR) is 47.2 cm³/mol. The Hall–Kier alpha value is -0.370. The molecule has 2 rings (SSSR count). The van der Waals surface area contributed by atoms with Crippen LogP contribution < -0.4 is 5.32 Å². The minimum absolute atomic E-state index is 0.645. The van der Waals surface area contributed by atoms with Crippen molar-refractivity contribution in [2.45, 2.75) is 38.1 Å². The van der Waals surface area contributed by atoms with Crippen molar-refractivity contribution in [3.05, 3.63) is 0 Å². The predicted octanol–water partition coefficient (Wildman–Crippen LogP) is 1.36. The lowest BCUT2D eigenvalue weighted by atomic mass is 10.1. The zero-order chi connectivity index (χ0) is 7.52. The molecule has 0 saturated heterocycles. The van der Waals surface area contributed by atoms with Gasteiger partial charge in [0.2, 0.25) is 0 Å². The zero-order valence-electron chi connectivity index (χ0n) is 6.97. The molecule has 0 aromatic carbocycles. The molecule has 1 saturated carbocycles. The van der Waals surface area contributed by atoms with Crippen LogP contribution in [0.3, 0.4) is 0 Å². The minimum Gasteiger partial charge on any atom is -0.307 e. The quantitative estimate of drug-likeness (QED) is 0.557. The lowest BCUT2D eigenvalue weighted by molar-refractivity contribution is 0.550. The molecule has 2 heteroatoms. The second kappa shape index (κ2) is 3.35. The smallest absolute Gasteiger partial charge is 0.0514 e. The summed E-state index contributed by atoms with van der Waals surface area (Å²) in [6.07, 6.45) is 6.71. The summed E-state index contributed by atoms with van der Waals surface area (Å²) < 4.78 is 0. The van der Waals surface area contributed by atoms with Gasteiger partial charge in [0.05, 0.1) is 6.54 Å². The van der Waals surface area contributed by atoms with Crippen molar-refractivity contribution in [1.29, 1.82) is 0 Å². The van der Waals surface area contributed by atoms with Gasteiger partial charge in [0.1, 0.15) is 0 Å². The third kappa shape index (κ3) is 1.62. The summed E-state index contributed by atoms with van der Waals surface area (Å²) in [7, 11) is 0. The highest BCUT2D eigenvalue weighted by atomic mass is 15.0. The van der Waals surface area contributed by atoms with Crippen LogP contribution in [0.5, 0.6) is 0 Å². The summed E-state index contributed by atoms with van der Waals surface area (Å²) in [5, 5.41) is 3.53. The van der Waals surface area contributed by atoms with Crippen molar-refractivity contribution >= 4 is 5.71 Å². The first kappa shape index (κ1) is 7.29. The topological polar surface area (TPSA) is 24.4 Å². The maximum atomic E-state index is 4.57. The van der Waals surface area contributed by atoms with Crippen molar-refractivity contribution in [1.82, 2.24) is 5.32 Å². The highest BCUT2D eigenvalue weighted by Crippen LogP contribution is 2.17. The SMILES string of the molecule is C1CCC2=NCCNC2CC1. The third-order valence-electron chi connectivity index (χ3n) is 2.65. The fraction of sp³-hybridized carbons (Fsp3) is 0.889. The Bertz CT molecular complexity index is 163. The van der Waals surface area contributed by atoms with Gasteiger partial charge in [-0.25, -0.2) is 0 Å². The number of hydrogen-bond donors (Lipinski definition) is 1. The fourth-order valence-electron chi connectivity index (χ4n) is 2.02. The molecular weight excluding hydrogens is 136 g/mol. The number of rotatable bonds is 0. The molecule has 1 N–H and O–H groups in total. The summed E-state index contributed by atoms with van der Waals surface area (Å²) >= 11 is 0. The maximum absolute atomic E-state index is 4.57. The van der Waals surface area contributed by atoms with Crippen molar-refractivity contribution in [2.24, 2.45) is 4.99 Å².